The smallest absolute Gasteiger partial charge is 0.224 e. The molecule has 0 saturated heterocycles. The number of hydrogen-bond acceptors (Lipinski definition) is 6. The lowest BCUT2D eigenvalue weighted by Gasteiger charge is -2.17. The highest BCUT2D eigenvalue weighted by Gasteiger charge is 2.19. The Balaban J connectivity index is 1.37. The Labute approximate surface area is 225 Å². The van der Waals surface area contributed by atoms with E-state index in [1.807, 2.05) is 51.1 Å². The maximum absolute atomic E-state index is 12.4. The molecule has 6 aromatic rings. The molecule has 0 fully saturated rings. The number of aromatic nitrogens is 7. The molecule has 0 aliphatic carbocycles. The molecule has 1 aromatic carbocycles. The molecule has 9 heteroatoms. The highest BCUT2D eigenvalue weighted by molar-refractivity contribution is 5.95. The van der Waals surface area contributed by atoms with Crippen molar-refractivity contribution in [2.75, 3.05) is 5.32 Å². The zero-order valence-electron chi connectivity index (χ0n) is 22.2. The van der Waals surface area contributed by atoms with E-state index in [2.05, 4.69) is 55.6 Å². The summed E-state index contributed by atoms with van der Waals surface area (Å²) in [7, 11) is 0. The predicted octanol–water partition coefficient (Wildman–Crippen LogP) is 6.31. The summed E-state index contributed by atoms with van der Waals surface area (Å²) in [5, 5.41) is 10.5. The number of hydrogen-bond donors (Lipinski definition) is 3. The summed E-state index contributed by atoms with van der Waals surface area (Å²) in [6.07, 6.45) is 5.55. The summed E-state index contributed by atoms with van der Waals surface area (Å²) in [6.45, 7) is 8.17. The van der Waals surface area contributed by atoms with Crippen LogP contribution in [0.5, 0.6) is 0 Å². The van der Waals surface area contributed by atoms with Crippen molar-refractivity contribution < 1.29 is 4.79 Å². The number of H-pyrrole nitrogens is 2. The number of anilines is 1. The van der Waals surface area contributed by atoms with E-state index in [4.69, 9.17) is 9.97 Å². The minimum absolute atomic E-state index is 0.0505. The van der Waals surface area contributed by atoms with Crippen LogP contribution >= 0.6 is 0 Å². The number of aryl methyl sites for hydroxylation is 1. The lowest BCUT2D eigenvalue weighted by molar-refractivity contribution is -0.117. The van der Waals surface area contributed by atoms with Gasteiger partial charge in [0.15, 0.2) is 17.2 Å². The maximum atomic E-state index is 12.4. The molecular weight excluding hydrogens is 488 g/mol. The lowest BCUT2D eigenvalue weighted by Crippen LogP contribution is -2.19. The van der Waals surface area contributed by atoms with Gasteiger partial charge in [0, 0.05) is 29.9 Å². The van der Waals surface area contributed by atoms with Gasteiger partial charge in [-0.2, -0.15) is 5.10 Å². The number of aromatic amines is 2. The largest absolute Gasteiger partial charge is 0.335 e. The first-order valence-corrected chi connectivity index (χ1v) is 12.8. The fourth-order valence-electron chi connectivity index (χ4n) is 4.64. The summed E-state index contributed by atoms with van der Waals surface area (Å²) in [5.74, 6) is 0.528. The van der Waals surface area contributed by atoms with Gasteiger partial charge in [-0.1, -0.05) is 50.6 Å². The van der Waals surface area contributed by atoms with E-state index in [0.717, 1.165) is 27.7 Å². The van der Waals surface area contributed by atoms with E-state index in [-0.39, 0.29) is 11.3 Å². The van der Waals surface area contributed by atoms with Gasteiger partial charge < -0.3 is 10.3 Å². The Hall–Kier alpha value is -4.92. The SMILES string of the molecule is Cc1cccc(-c2ccnc3nc(-c4n[nH]c5ccc(-c6cncc(NC(=O)CC(C)(C)C)c6)nc45)[nH]c23)c1. The minimum atomic E-state index is -0.105. The van der Waals surface area contributed by atoms with Crippen LogP contribution in [0, 0.1) is 12.3 Å². The first kappa shape index (κ1) is 24.4. The van der Waals surface area contributed by atoms with E-state index in [1.165, 1.54) is 5.56 Å². The van der Waals surface area contributed by atoms with Crippen molar-refractivity contribution in [1.29, 1.82) is 0 Å². The average Bonchev–Trinajstić information content (AvgIpc) is 3.51. The van der Waals surface area contributed by atoms with Crippen LogP contribution in [0.1, 0.15) is 32.8 Å². The molecule has 0 atom stereocenters. The lowest BCUT2D eigenvalue weighted by atomic mass is 9.92. The van der Waals surface area contributed by atoms with Gasteiger partial charge in [0.25, 0.3) is 0 Å². The molecule has 0 unspecified atom stereocenters. The summed E-state index contributed by atoms with van der Waals surface area (Å²) in [4.78, 5) is 34.3. The van der Waals surface area contributed by atoms with E-state index < -0.39 is 0 Å². The van der Waals surface area contributed by atoms with Crippen molar-refractivity contribution in [2.24, 2.45) is 5.41 Å². The van der Waals surface area contributed by atoms with E-state index in [9.17, 15) is 4.79 Å². The molecule has 9 nitrogen and oxygen atoms in total. The number of nitrogens with zero attached hydrogens (tertiary/aromatic N) is 5. The fraction of sp³-hybridized carbons (Fsp3) is 0.200. The Kier molecular flexibility index (Phi) is 5.91. The number of rotatable bonds is 5. The van der Waals surface area contributed by atoms with Gasteiger partial charge in [-0.3, -0.25) is 14.9 Å². The Morgan fingerprint density at radius 1 is 1.00 bits per heavy atom. The van der Waals surface area contributed by atoms with Gasteiger partial charge in [0.1, 0.15) is 5.52 Å². The molecule has 0 bridgehead atoms. The number of benzene rings is 1. The number of fused-ring (bicyclic) bond motifs is 2. The highest BCUT2D eigenvalue weighted by Crippen LogP contribution is 2.31. The van der Waals surface area contributed by atoms with Gasteiger partial charge in [0.2, 0.25) is 5.91 Å². The zero-order chi connectivity index (χ0) is 27.1. The minimum Gasteiger partial charge on any atom is -0.335 e. The van der Waals surface area contributed by atoms with Crippen LogP contribution in [0.15, 0.2) is 67.1 Å². The van der Waals surface area contributed by atoms with E-state index in [1.54, 1.807) is 18.6 Å². The molecule has 0 radical (unpaired) electrons. The second-order valence-electron chi connectivity index (χ2n) is 10.9. The van der Waals surface area contributed by atoms with Gasteiger partial charge in [-0.25, -0.2) is 15.0 Å². The quantitative estimate of drug-likeness (QED) is 0.247. The number of imidazole rings is 1. The van der Waals surface area contributed by atoms with Crippen molar-refractivity contribution in [2.45, 2.75) is 34.1 Å². The van der Waals surface area contributed by atoms with Crippen LogP contribution in [-0.2, 0) is 4.79 Å². The van der Waals surface area contributed by atoms with Gasteiger partial charge in [0.05, 0.1) is 28.6 Å². The number of pyridine rings is 3. The number of nitrogens with one attached hydrogen (secondary N) is 3. The van der Waals surface area contributed by atoms with Gasteiger partial charge >= 0.3 is 0 Å². The topological polar surface area (TPSA) is 125 Å². The summed E-state index contributed by atoms with van der Waals surface area (Å²) < 4.78 is 0. The number of amides is 1. The Morgan fingerprint density at radius 3 is 2.69 bits per heavy atom. The highest BCUT2D eigenvalue weighted by atomic mass is 16.1. The van der Waals surface area contributed by atoms with Crippen LogP contribution in [0.4, 0.5) is 5.69 Å². The van der Waals surface area contributed by atoms with Crippen molar-refractivity contribution >= 4 is 33.8 Å². The molecule has 1 amide bonds. The average molecular weight is 517 g/mol. The predicted molar refractivity (Wildman–Crippen MR) is 153 cm³/mol. The monoisotopic (exact) mass is 516 g/mol. The normalized spacial score (nSPS) is 11.8. The molecule has 5 heterocycles. The molecule has 5 aromatic heterocycles. The molecule has 0 aliphatic heterocycles. The van der Waals surface area contributed by atoms with Crippen LogP contribution in [-0.4, -0.2) is 41.0 Å². The van der Waals surface area contributed by atoms with Gasteiger partial charge in [-0.15, -0.1) is 0 Å². The van der Waals surface area contributed by atoms with Crippen molar-refractivity contribution in [1.82, 2.24) is 35.1 Å². The molecule has 0 saturated carbocycles. The maximum Gasteiger partial charge on any atom is 0.224 e. The fourth-order valence-corrected chi connectivity index (χ4v) is 4.64. The summed E-state index contributed by atoms with van der Waals surface area (Å²) >= 11 is 0. The third-order valence-corrected chi connectivity index (χ3v) is 6.36. The number of carbonyl (C=O) groups excluding carboxylic acids is 1. The first-order valence-electron chi connectivity index (χ1n) is 12.8. The van der Waals surface area contributed by atoms with Crippen molar-refractivity contribution in [3.8, 4) is 33.9 Å². The summed E-state index contributed by atoms with van der Waals surface area (Å²) in [5.41, 5.74) is 8.81. The van der Waals surface area contributed by atoms with Gasteiger partial charge in [-0.05, 0) is 42.2 Å². The standard InChI is InChI=1S/C30H28N8O/c1-17-6-5-7-18(12-17)21-10-11-32-28-25(21)35-29(36-28)27-26-23(37-38-27)9-8-22(34-26)19-13-20(16-31-15-19)33-24(39)14-30(2,3)4/h5-13,15-16H,14H2,1-4H3,(H,33,39)(H,37,38)(H,32,35,36). The van der Waals surface area contributed by atoms with E-state index in [0.29, 0.717) is 40.5 Å². The molecule has 194 valence electrons. The molecule has 6 rings (SSSR count). The Bertz CT molecular complexity index is 1840. The van der Waals surface area contributed by atoms with Crippen LogP contribution in [0.3, 0.4) is 0 Å². The number of carbonyl (C=O) groups is 1. The first-order chi connectivity index (χ1) is 18.7. The third-order valence-electron chi connectivity index (χ3n) is 6.36. The molecule has 0 aliphatic rings. The molecular formula is C30H28N8O. The van der Waals surface area contributed by atoms with Crippen molar-refractivity contribution in [3.05, 3.63) is 72.7 Å². The van der Waals surface area contributed by atoms with Crippen LogP contribution in [0.2, 0.25) is 0 Å². The molecule has 3 N–H and O–H groups in total. The molecule has 39 heavy (non-hydrogen) atoms. The van der Waals surface area contributed by atoms with Crippen LogP contribution in [0.25, 0.3) is 56.1 Å². The second kappa shape index (κ2) is 9.43. The zero-order valence-corrected chi connectivity index (χ0v) is 22.2. The van der Waals surface area contributed by atoms with Crippen LogP contribution < -0.4 is 5.32 Å². The third kappa shape index (κ3) is 4.98. The molecule has 0 spiro atoms. The van der Waals surface area contributed by atoms with Crippen molar-refractivity contribution in [3.63, 3.8) is 0 Å². The summed E-state index contributed by atoms with van der Waals surface area (Å²) in [6, 6.07) is 16.0. The van der Waals surface area contributed by atoms with E-state index >= 15 is 0 Å². The second-order valence-corrected chi connectivity index (χ2v) is 10.9. The Morgan fingerprint density at radius 2 is 1.87 bits per heavy atom.